The van der Waals surface area contributed by atoms with Crippen molar-refractivity contribution in [1.29, 1.82) is 0 Å². The van der Waals surface area contributed by atoms with Gasteiger partial charge in [-0.2, -0.15) is 0 Å². The summed E-state index contributed by atoms with van der Waals surface area (Å²) >= 11 is 1.40. The Morgan fingerprint density at radius 1 is 1.32 bits per heavy atom. The number of rotatable bonds is 5. The Labute approximate surface area is 183 Å². The second-order valence-corrected chi connectivity index (χ2v) is 8.89. The van der Waals surface area contributed by atoms with Crippen molar-refractivity contribution >= 4 is 35.6 Å². The summed E-state index contributed by atoms with van der Waals surface area (Å²) in [5.74, 6) is -1.42. The Kier molecular flexibility index (Phi) is 5.80. The van der Waals surface area contributed by atoms with Crippen LogP contribution in [0, 0.1) is 0 Å². The summed E-state index contributed by atoms with van der Waals surface area (Å²) in [5.41, 5.74) is 6.64. The van der Waals surface area contributed by atoms with Gasteiger partial charge >= 0.3 is 12.1 Å². The minimum absolute atomic E-state index is 0.0915. The first kappa shape index (κ1) is 21.4. The number of carboxylic acids is 1. The minimum atomic E-state index is -1.20. The van der Waals surface area contributed by atoms with E-state index in [1.54, 1.807) is 15.9 Å². The molecule has 4 aliphatic heterocycles. The number of aliphatic carboxylic acids is 1. The van der Waals surface area contributed by atoms with E-state index in [4.69, 9.17) is 10.5 Å². The Bertz CT molecular complexity index is 915. The van der Waals surface area contributed by atoms with E-state index in [0.29, 0.717) is 49.4 Å². The fourth-order valence-electron chi connectivity index (χ4n) is 4.36. The molecule has 0 bridgehead atoms. The van der Waals surface area contributed by atoms with Gasteiger partial charge in [0.1, 0.15) is 23.7 Å². The molecule has 3 atom stereocenters. The third kappa shape index (κ3) is 3.72. The van der Waals surface area contributed by atoms with Crippen molar-refractivity contribution in [2.45, 2.75) is 30.3 Å². The number of carboxylic acid groups (broad SMARTS) is 1. The van der Waals surface area contributed by atoms with Gasteiger partial charge in [0.2, 0.25) is 11.8 Å². The molecule has 4 heterocycles. The van der Waals surface area contributed by atoms with Gasteiger partial charge in [-0.3, -0.25) is 14.5 Å². The third-order valence-corrected chi connectivity index (χ3v) is 7.26. The number of hydrogen-bond donors (Lipinski definition) is 2. The first-order valence-electron chi connectivity index (χ1n) is 10.0. The molecular formula is C20H24N4O6S. The van der Waals surface area contributed by atoms with E-state index < -0.39 is 24.0 Å². The minimum Gasteiger partial charge on any atom is -0.477 e. The van der Waals surface area contributed by atoms with Crippen molar-refractivity contribution in [3.05, 3.63) is 35.6 Å². The Morgan fingerprint density at radius 2 is 2.10 bits per heavy atom. The van der Waals surface area contributed by atoms with Crippen LogP contribution >= 0.6 is 11.8 Å². The molecule has 166 valence electrons. The number of carbonyl (C=O) groups excluding carboxylic acids is 3. The summed E-state index contributed by atoms with van der Waals surface area (Å²) in [4.78, 5) is 53.5. The fourth-order valence-corrected chi connectivity index (χ4v) is 5.61. The Morgan fingerprint density at radius 3 is 2.81 bits per heavy atom. The zero-order valence-corrected chi connectivity index (χ0v) is 17.7. The van der Waals surface area contributed by atoms with Gasteiger partial charge in [0, 0.05) is 31.0 Å². The highest BCUT2D eigenvalue weighted by atomic mass is 32.2. The molecule has 3 amide bonds. The number of nitrogens with two attached hydrogens (primary N) is 1. The first-order valence-corrected chi connectivity index (χ1v) is 11.1. The molecule has 11 heteroatoms. The lowest BCUT2D eigenvalue weighted by molar-refractivity contribution is -0.147. The fraction of sp³-hybridized carbons (Fsp3) is 0.500. The van der Waals surface area contributed by atoms with Gasteiger partial charge in [0.25, 0.3) is 0 Å². The number of amides is 3. The summed E-state index contributed by atoms with van der Waals surface area (Å²) in [5, 5.41) is 9.29. The zero-order valence-electron chi connectivity index (χ0n) is 16.9. The highest BCUT2D eigenvalue weighted by Gasteiger charge is 2.51. The number of fused-ring (bicyclic) bond motifs is 1. The largest absolute Gasteiger partial charge is 0.477 e. The standard InChI is InChI=1S/C20H24N4O6S/c1-2-7-30-20(29)22-5-4-13(9-22)23-6-3-11(16(23)25)8-12-10-31-18-14(21)17(26)24(18)15(12)19(27)28/h2,8,13-14,18H,1,3-7,9-10,21H2,(H,27,28)/t13-,14?,18-/m0/s1. The van der Waals surface area contributed by atoms with Crippen molar-refractivity contribution in [2.24, 2.45) is 5.73 Å². The topological polar surface area (TPSA) is 133 Å². The van der Waals surface area contributed by atoms with E-state index >= 15 is 0 Å². The summed E-state index contributed by atoms with van der Waals surface area (Å²) in [7, 11) is 0. The molecule has 10 nitrogen and oxygen atoms in total. The number of ether oxygens (including phenoxy) is 1. The van der Waals surface area contributed by atoms with E-state index in [9.17, 15) is 24.3 Å². The number of likely N-dealkylation sites (tertiary alicyclic amines) is 2. The maximum absolute atomic E-state index is 13.0. The molecule has 0 aliphatic carbocycles. The molecule has 3 N–H and O–H groups in total. The number of nitrogens with zero attached hydrogens (tertiary/aromatic N) is 3. The van der Waals surface area contributed by atoms with Gasteiger partial charge in [-0.25, -0.2) is 9.59 Å². The molecule has 0 spiro atoms. The molecule has 4 rings (SSSR count). The molecule has 0 aromatic carbocycles. The van der Waals surface area contributed by atoms with E-state index in [2.05, 4.69) is 6.58 Å². The van der Waals surface area contributed by atoms with Crippen molar-refractivity contribution in [2.75, 3.05) is 32.0 Å². The first-order chi connectivity index (χ1) is 14.8. The van der Waals surface area contributed by atoms with Gasteiger partial charge in [-0.1, -0.05) is 12.7 Å². The number of β-lactam (4-membered cyclic amide) rings is 1. The van der Waals surface area contributed by atoms with Gasteiger partial charge in [0.15, 0.2) is 0 Å². The van der Waals surface area contributed by atoms with Crippen LogP contribution in [-0.4, -0.2) is 93.1 Å². The molecule has 3 saturated heterocycles. The van der Waals surface area contributed by atoms with Crippen LogP contribution in [0.5, 0.6) is 0 Å². The molecule has 1 unspecified atom stereocenters. The predicted molar refractivity (Wildman–Crippen MR) is 112 cm³/mol. The second kappa shape index (κ2) is 8.39. The molecular weight excluding hydrogens is 424 g/mol. The Hall–Kier alpha value is -2.79. The summed E-state index contributed by atoms with van der Waals surface area (Å²) in [6.45, 7) is 5.06. The van der Waals surface area contributed by atoms with Crippen LogP contribution in [0.15, 0.2) is 35.6 Å². The molecule has 3 fully saturated rings. The number of thioether (sulfide) groups is 1. The Balaban J connectivity index is 1.48. The lowest BCUT2D eigenvalue weighted by Gasteiger charge is -2.47. The maximum atomic E-state index is 13.0. The lowest BCUT2D eigenvalue weighted by Crippen LogP contribution is -2.68. The molecule has 0 radical (unpaired) electrons. The van der Waals surface area contributed by atoms with E-state index in [0.717, 1.165) is 0 Å². The van der Waals surface area contributed by atoms with Crippen molar-refractivity contribution in [3.63, 3.8) is 0 Å². The predicted octanol–water partition coefficient (Wildman–Crippen LogP) is 0.123. The van der Waals surface area contributed by atoms with Crippen LogP contribution in [0.25, 0.3) is 0 Å². The van der Waals surface area contributed by atoms with Crippen molar-refractivity contribution in [1.82, 2.24) is 14.7 Å². The van der Waals surface area contributed by atoms with Crippen LogP contribution in [0.3, 0.4) is 0 Å². The van der Waals surface area contributed by atoms with Crippen LogP contribution in [0.1, 0.15) is 12.8 Å². The smallest absolute Gasteiger partial charge is 0.410 e. The third-order valence-electron chi connectivity index (χ3n) is 5.93. The van der Waals surface area contributed by atoms with Crippen LogP contribution in [-0.2, 0) is 19.1 Å². The average Bonchev–Trinajstić information content (AvgIpc) is 3.38. The van der Waals surface area contributed by atoms with Crippen molar-refractivity contribution in [3.8, 4) is 0 Å². The summed E-state index contributed by atoms with van der Waals surface area (Å²) in [6.07, 6.45) is 3.82. The SMILES string of the molecule is C=CCOC(=O)N1CC[C@H](N2CCC(=CC3=C(C(=O)O)N4C(=O)C(N)[C@@H]4SC3)C2=O)C1. The average molecular weight is 449 g/mol. The highest BCUT2D eigenvalue weighted by Crippen LogP contribution is 2.40. The van der Waals surface area contributed by atoms with E-state index in [1.807, 2.05) is 0 Å². The van der Waals surface area contributed by atoms with Gasteiger partial charge in [-0.15, -0.1) is 11.8 Å². The zero-order chi connectivity index (χ0) is 22.3. The summed E-state index contributed by atoms with van der Waals surface area (Å²) < 4.78 is 5.06. The van der Waals surface area contributed by atoms with Gasteiger partial charge < -0.3 is 25.4 Å². The van der Waals surface area contributed by atoms with Crippen molar-refractivity contribution < 1.29 is 29.0 Å². The molecule has 31 heavy (non-hydrogen) atoms. The lowest BCUT2D eigenvalue weighted by atomic mass is 10.0. The van der Waals surface area contributed by atoms with Gasteiger partial charge in [0.05, 0.1) is 6.04 Å². The van der Waals surface area contributed by atoms with Crippen LogP contribution in [0.2, 0.25) is 0 Å². The maximum Gasteiger partial charge on any atom is 0.410 e. The van der Waals surface area contributed by atoms with E-state index in [-0.39, 0.29) is 29.6 Å². The molecule has 4 aliphatic rings. The number of carbonyl (C=O) groups is 4. The summed E-state index contributed by atoms with van der Waals surface area (Å²) in [6, 6.07) is -0.802. The number of allylic oxidation sites excluding steroid dienone is 1. The van der Waals surface area contributed by atoms with E-state index in [1.165, 1.54) is 22.7 Å². The monoisotopic (exact) mass is 448 g/mol. The van der Waals surface area contributed by atoms with Crippen LogP contribution < -0.4 is 5.73 Å². The highest BCUT2D eigenvalue weighted by molar-refractivity contribution is 8.00. The second-order valence-electron chi connectivity index (χ2n) is 7.79. The normalized spacial score (nSPS) is 29.4. The molecule has 0 saturated carbocycles. The molecule has 0 aromatic rings. The van der Waals surface area contributed by atoms with Crippen LogP contribution in [0.4, 0.5) is 4.79 Å². The van der Waals surface area contributed by atoms with Gasteiger partial charge in [-0.05, 0) is 24.5 Å². The quantitative estimate of drug-likeness (QED) is 0.344. The number of hydrogen-bond acceptors (Lipinski definition) is 7. The molecule has 0 aromatic heterocycles.